The van der Waals surface area contributed by atoms with Gasteiger partial charge in [-0.05, 0) is 30.7 Å². The number of rotatable bonds is 6. The summed E-state index contributed by atoms with van der Waals surface area (Å²) in [7, 11) is 4.46. The fourth-order valence-corrected chi connectivity index (χ4v) is 2.38. The van der Waals surface area contributed by atoms with E-state index in [4.69, 9.17) is 11.5 Å². The standard InChI is InChI=1S/C10H16N2.C5H11N2OP.C3H7N.C3H8.C2H6.C2H4/c1-8(12)6-9-2-4-10(7-11)5-3-9;8-4-6-1-2-7(3-6)5-9;1-3-4-2;1-3-2;2*1-2/h2-5,8H,6-7,11-12H2,1H3;4H,1-3,5,9H2;3-4H,1H2,2H3;3H2,1-2H3;1-2H3;1-2H2. The Morgan fingerprint density at radius 1 is 1.16 bits per heavy atom. The van der Waals surface area contributed by atoms with Gasteiger partial charge in [-0.15, -0.1) is 22.4 Å². The molecule has 2 rings (SSSR count). The molecule has 7 heteroatoms. The summed E-state index contributed by atoms with van der Waals surface area (Å²) >= 11 is 0. The van der Waals surface area contributed by atoms with Crippen molar-refractivity contribution in [2.24, 2.45) is 11.5 Å². The topological polar surface area (TPSA) is 87.6 Å². The first-order valence-electron chi connectivity index (χ1n) is 11.4. The molecule has 5 N–H and O–H groups in total. The van der Waals surface area contributed by atoms with Crippen LogP contribution in [0.25, 0.3) is 0 Å². The molecule has 1 fully saturated rings. The number of amides is 1. The maximum Gasteiger partial charge on any atom is 0.210 e. The molecule has 1 aliphatic rings. The van der Waals surface area contributed by atoms with Gasteiger partial charge in [-0.2, -0.15) is 0 Å². The highest BCUT2D eigenvalue weighted by Crippen LogP contribution is 2.05. The van der Waals surface area contributed by atoms with Crippen LogP contribution in [0.5, 0.6) is 0 Å². The molecule has 188 valence electrons. The molecular formula is C25H52N5OP. The molecule has 2 unspecified atom stereocenters. The molecule has 0 aromatic heterocycles. The monoisotopic (exact) mass is 469 g/mol. The molecule has 1 heterocycles. The number of hydrogen-bond donors (Lipinski definition) is 3. The Hall–Kier alpha value is -1.72. The van der Waals surface area contributed by atoms with E-state index >= 15 is 0 Å². The molecule has 6 nitrogen and oxygen atoms in total. The normalized spacial score (nSPS) is 12.2. The van der Waals surface area contributed by atoms with Crippen LogP contribution in [0.4, 0.5) is 0 Å². The van der Waals surface area contributed by atoms with Gasteiger partial charge in [0.1, 0.15) is 0 Å². The van der Waals surface area contributed by atoms with Gasteiger partial charge in [0.15, 0.2) is 0 Å². The first-order chi connectivity index (χ1) is 15.4. The number of carbonyl (C=O) groups is 1. The van der Waals surface area contributed by atoms with Gasteiger partial charge in [-0.1, -0.05) is 65.0 Å². The molecule has 0 radical (unpaired) electrons. The van der Waals surface area contributed by atoms with Gasteiger partial charge in [0, 0.05) is 39.0 Å². The summed E-state index contributed by atoms with van der Waals surface area (Å²) < 4.78 is 0. The second-order valence-corrected chi connectivity index (χ2v) is 6.90. The molecule has 2 atom stereocenters. The molecule has 1 saturated heterocycles. The molecular weight excluding hydrogens is 417 g/mol. The number of hydrogen-bond acceptors (Lipinski definition) is 5. The third-order valence-electron chi connectivity index (χ3n) is 3.51. The molecule has 0 saturated carbocycles. The number of benzene rings is 1. The molecule has 0 spiro atoms. The number of carbonyl (C=O) groups excluding carboxylic acids is 1. The third-order valence-corrected chi connectivity index (χ3v) is 4.03. The molecule has 1 aromatic rings. The van der Waals surface area contributed by atoms with Crippen LogP contribution in [-0.2, 0) is 17.8 Å². The Morgan fingerprint density at radius 2 is 1.59 bits per heavy atom. The number of nitrogens with two attached hydrogens (primary N) is 2. The second kappa shape index (κ2) is 31.5. The zero-order valence-electron chi connectivity index (χ0n) is 21.6. The smallest absolute Gasteiger partial charge is 0.210 e. The van der Waals surface area contributed by atoms with Gasteiger partial charge in [-0.3, -0.25) is 9.69 Å². The quantitative estimate of drug-likeness (QED) is 0.330. The summed E-state index contributed by atoms with van der Waals surface area (Å²) in [6.45, 7) is 22.9. The zero-order chi connectivity index (χ0) is 25.8. The molecule has 32 heavy (non-hydrogen) atoms. The van der Waals surface area contributed by atoms with Gasteiger partial charge in [-0.25, -0.2) is 0 Å². The summed E-state index contributed by atoms with van der Waals surface area (Å²) in [6.07, 6.45) is 5.68. The Morgan fingerprint density at radius 3 is 1.84 bits per heavy atom. The Labute approximate surface area is 201 Å². The van der Waals surface area contributed by atoms with Crippen LogP contribution in [0.15, 0.2) is 50.2 Å². The van der Waals surface area contributed by atoms with Crippen LogP contribution in [0, 0.1) is 0 Å². The van der Waals surface area contributed by atoms with Crippen molar-refractivity contribution < 1.29 is 4.79 Å². The highest BCUT2D eigenvalue weighted by molar-refractivity contribution is 7.16. The van der Waals surface area contributed by atoms with Crippen molar-refractivity contribution in [2.45, 2.75) is 60.0 Å². The van der Waals surface area contributed by atoms with Crippen LogP contribution in [0.1, 0.15) is 52.2 Å². The first kappa shape index (κ1) is 37.6. The summed E-state index contributed by atoms with van der Waals surface area (Å²) in [5.41, 5.74) is 13.6. The SMILES string of the molecule is C=C.C=CNC.CC.CC(N)Cc1ccc(CN)cc1.CCC.O=CN1CCN(CP)C1. The van der Waals surface area contributed by atoms with Gasteiger partial charge >= 0.3 is 0 Å². The fourth-order valence-electron chi connectivity index (χ4n) is 2.09. The molecule has 1 amide bonds. The van der Waals surface area contributed by atoms with E-state index in [1.54, 1.807) is 11.1 Å². The lowest BCUT2D eigenvalue weighted by Crippen LogP contribution is -2.22. The zero-order valence-corrected chi connectivity index (χ0v) is 22.8. The number of nitrogens with zero attached hydrogens (tertiary/aromatic N) is 2. The summed E-state index contributed by atoms with van der Waals surface area (Å²) in [6, 6.07) is 8.51. The van der Waals surface area contributed by atoms with E-state index < -0.39 is 0 Å². The van der Waals surface area contributed by atoms with Gasteiger partial charge in [0.2, 0.25) is 6.41 Å². The maximum absolute atomic E-state index is 10.2. The largest absolute Gasteiger partial charge is 0.394 e. The predicted molar refractivity (Wildman–Crippen MR) is 148 cm³/mol. The van der Waals surface area contributed by atoms with E-state index in [9.17, 15) is 4.79 Å². The van der Waals surface area contributed by atoms with Crippen molar-refractivity contribution in [2.75, 3.05) is 33.1 Å². The summed E-state index contributed by atoms with van der Waals surface area (Å²) in [5, 5.41) is 2.69. The van der Waals surface area contributed by atoms with Crippen LogP contribution >= 0.6 is 9.24 Å². The van der Waals surface area contributed by atoms with Crippen molar-refractivity contribution in [3.05, 3.63) is 61.3 Å². The van der Waals surface area contributed by atoms with E-state index in [1.165, 1.54) is 17.5 Å². The van der Waals surface area contributed by atoms with E-state index in [0.29, 0.717) is 6.54 Å². The average Bonchev–Trinajstić information content (AvgIpc) is 3.31. The summed E-state index contributed by atoms with van der Waals surface area (Å²) in [4.78, 5) is 14.1. The van der Waals surface area contributed by atoms with Gasteiger partial charge in [0.25, 0.3) is 0 Å². The van der Waals surface area contributed by atoms with Crippen molar-refractivity contribution >= 4 is 15.6 Å². The van der Waals surface area contributed by atoms with Crippen LogP contribution in [0.2, 0.25) is 0 Å². The molecule has 0 bridgehead atoms. The lowest BCUT2D eigenvalue weighted by molar-refractivity contribution is -0.117. The minimum Gasteiger partial charge on any atom is -0.394 e. The minimum absolute atomic E-state index is 0.230. The second-order valence-electron chi connectivity index (χ2n) is 6.54. The van der Waals surface area contributed by atoms with Crippen molar-refractivity contribution in [1.82, 2.24) is 15.1 Å². The lowest BCUT2D eigenvalue weighted by atomic mass is 10.1. The van der Waals surface area contributed by atoms with E-state index in [1.807, 2.05) is 27.8 Å². The van der Waals surface area contributed by atoms with Crippen molar-refractivity contribution in [1.29, 1.82) is 0 Å². The summed E-state index contributed by atoms with van der Waals surface area (Å²) in [5.74, 6) is 0. The van der Waals surface area contributed by atoms with Crippen molar-refractivity contribution in [3.8, 4) is 0 Å². The highest BCUT2D eigenvalue weighted by atomic mass is 31.0. The Kier molecular flexibility index (Phi) is 37.0. The van der Waals surface area contributed by atoms with Crippen LogP contribution in [0.3, 0.4) is 0 Å². The van der Waals surface area contributed by atoms with E-state index in [-0.39, 0.29) is 6.04 Å². The molecule has 1 aliphatic heterocycles. The average molecular weight is 470 g/mol. The Balaban J connectivity index is -0.000000173. The molecule has 0 aliphatic carbocycles. The fraction of sp³-hybridized carbons (Fsp3) is 0.560. The Bertz CT molecular complexity index is 498. The van der Waals surface area contributed by atoms with Crippen LogP contribution < -0.4 is 16.8 Å². The predicted octanol–water partition coefficient (Wildman–Crippen LogP) is 4.18. The van der Waals surface area contributed by atoms with Crippen LogP contribution in [-0.4, -0.2) is 55.3 Å². The first-order valence-corrected chi connectivity index (χ1v) is 12.2. The highest BCUT2D eigenvalue weighted by Gasteiger charge is 2.15. The number of nitrogens with one attached hydrogen (secondary N) is 1. The van der Waals surface area contributed by atoms with E-state index in [0.717, 1.165) is 38.9 Å². The van der Waals surface area contributed by atoms with E-state index in [2.05, 4.69) is 77.3 Å². The minimum atomic E-state index is 0.230. The van der Waals surface area contributed by atoms with Gasteiger partial charge in [0.05, 0.1) is 6.67 Å². The third kappa shape index (κ3) is 26.3. The van der Waals surface area contributed by atoms with Crippen molar-refractivity contribution in [3.63, 3.8) is 0 Å². The maximum atomic E-state index is 10.2. The molecule has 1 aromatic carbocycles. The van der Waals surface area contributed by atoms with Gasteiger partial charge < -0.3 is 21.7 Å². The lowest BCUT2D eigenvalue weighted by Gasteiger charge is -2.10.